The number of nitrogens with zero attached hydrogens (tertiary/aromatic N) is 3. The van der Waals surface area contributed by atoms with E-state index in [1.807, 2.05) is 36.4 Å². The zero-order valence-electron chi connectivity index (χ0n) is 17.8. The molecule has 0 spiro atoms. The lowest BCUT2D eigenvalue weighted by Gasteiger charge is -2.33. The number of ether oxygens (including phenoxy) is 1. The summed E-state index contributed by atoms with van der Waals surface area (Å²) in [6.07, 6.45) is 2.92. The predicted molar refractivity (Wildman–Crippen MR) is 122 cm³/mol. The minimum Gasteiger partial charge on any atom is -0.488 e. The summed E-state index contributed by atoms with van der Waals surface area (Å²) in [5.41, 5.74) is 7.63. The molecular weight excluding hydrogens is 420 g/mol. The van der Waals surface area contributed by atoms with Crippen LogP contribution in [0.25, 0.3) is 22.2 Å². The summed E-state index contributed by atoms with van der Waals surface area (Å²) >= 11 is 0. The van der Waals surface area contributed by atoms with E-state index in [9.17, 15) is 9.59 Å². The van der Waals surface area contributed by atoms with Crippen LogP contribution < -0.4 is 10.5 Å². The van der Waals surface area contributed by atoms with Crippen molar-refractivity contribution in [3.63, 3.8) is 0 Å². The standard InChI is InChI=1S/C25H22N4O4/c26-24(30)22-14-18(10-11-27-22)32-19-7-4-12-29(15-19)25(31)17-8-9-21-20(13-17)23(33-28-21)16-5-2-1-3-6-16/h1-3,5-6,8-11,13-14,19H,4,7,12,15H2,(H2,26,30). The molecule has 0 bridgehead atoms. The molecule has 166 valence electrons. The van der Waals surface area contributed by atoms with Gasteiger partial charge in [0.1, 0.15) is 23.1 Å². The molecule has 1 aliphatic rings. The topological polar surface area (TPSA) is 112 Å². The van der Waals surface area contributed by atoms with Crippen molar-refractivity contribution in [3.05, 3.63) is 78.1 Å². The first-order valence-corrected chi connectivity index (χ1v) is 10.7. The second kappa shape index (κ2) is 8.74. The van der Waals surface area contributed by atoms with E-state index >= 15 is 0 Å². The lowest BCUT2D eigenvalue weighted by molar-refractivity contribution is 0.0538. The summed E-state index contributed by atoms with van der Waals surface area (Å²) in [5.74, 6) is 0.470. The minimum absolute atomic E-state index is 0.0713. The summed E-state index contributed by atoms with van der Waals surface area (Å²) in [4.78, 5) is 30.4. The molecule has 1 aliphatic heterocycles. The molecule has 1 atom stereocenters. The zero-order valence-corrected chi connectivity index (χ0v) is 17.8. The number of hydrogen-bond acceptors (Lipinski definition) is 6. The number of carbonyl (C=O) groups is 2. The summed E-state index contributed by atoms with van der Waals surface area (Å²) < 4.78 is 11.6. The average Bonchev–Trinajstić information content (AvgIpc) is 3.28. The molecule has 2 N–H and O–H groups in total. The van der Waals surface area contributed by atoms with E-state index < -0.39 is 5.91 Å². The monoisotopic (exact) mass is 442 g/mol. The molecule has 2 amide bonds. The van der Waals surface area contributed by atoms with Gasteiger partial charge >= 0.3 is 0 Å². The molecule has 0 radical (unpaired) electrons. The number of primary amides is 1. The number of amides is 2. The molecule has 2 aromatic heterocycles. The minimum atomic E-state index is -0.611. The molecule has 2 aromatic carbocycles. The van der Waals surface area contributed by atoms with Crippen LogP contribution in [0.5, 0.6) is 5.75 Å². The van der Waals surface area contributed by atoms with E-state index in [1.165, 1.54) is 12.3 Å². The third-order valence-corrected chi connectivity index (χ3v) is 5.71. The Hall–Kier alpha value is -4.20. The van der Waals surface area contributed by atoms with Crippen molar-refractivity contribution in [1.29, 1.82) is 0 Å². The second-order valence-electron chi connectivity index (χ2n) is 7.98. The lowest BCUT2D eigenvalue weighted by atomic mass is 10.0. The van der Waals surface area contributed by atoms with Crippen LogP contribution in [0.2, 0.25) is 0 Å². The van der Waals surface area contributed by atoms with Crippen LogP contribution in [0.15, 0.2) is 71.4 Å². The van der Waals surface area contributed by atoms with Gasteiger partial charge in [0, 0.05) is 29.9 Å². The van der Waals surface area contributed by atoms with Crippen molar-refractivity contribution in [2.24, 2.45) is 5.73 Å². The SMILES string of the molecule is NC(=O)c1cc(OC2CCCN(C(=O)c3ccc4noc(-c5ccccc5)c4c3)C2)ccn1. The molecular formula is C25H22N4O4. The highest BCUT2D eigenvalue weighted by atomic mass is 16.5. The van der Waals surface area contributed by atoms with E-state index in [2.05, 4.69) is 10.1 Å². The smallest absolute Gasteiger partial charge is 0.267 e. The van der Waals surface area contributed by atoms with Gasteiger partial charge in [0.15, 0.2) is 5.76 Å². The van der Waals surface area contributed by atoms with E-state index in [-0.39, 0.29) is 17.7 Å². The lowest BCUT2D eigenvalue weighted by Crippen LogP contribution is -2.44. The molecule has 0 aliphatic carbocycles. The van der Waals surface area contributed by atoms with Gasteiger partial charge in [0.2, 0.25) is 0 Å². The third kappa shape index (κ3) is 4.27. The Bertz CT molecular complexity index is 1320. The van der Waals surface area contributed by atoms with Gasteiger partial charge < -0.3 is 19.9 Å². The van der Waals surface area contributed by atoms with Crippen molar-refractivity contribution in [2.75, 3.05) is 13.1 Å². The fourth-order valence-electron chi connectivity index (χ4n) is 4.09. The van der Waals surface area contributed by atoms with Crippen molar-refractivity contribution in [1.82, 2.24) is 15.0 Å². The second-order valence-corrected chi connectivity index (χ2v) is 7.98. The Morgan fingerprint density at radius 3 is 2.76 bits per heavy atom. The molecule has 1 unspecified atom stereocenters. The highest BCUT2D eigenvalue weighted by Crippen LogP contribution is 2.30. The molecule has 3 heterocycles. The highest BCUT2D eigenvalue weighted by molar-refractivity contribution is 6.01. The van der Waals surface area contributed by atoms with Crippen LogP contribution in [0.3, 0.4) is 0 Å². The Labute approximate surface area is 189 Å². The summed E-state index contributed by atoms with van der Waals surface area (Å²) in [6, 6.07) is 18.3. The number of likely N-dealkylation sites (tertiary alicyclic amines) is 1. The fraction of sp³-hybridized carbons (Fsp3) is 0.200. The van der Waals surface area contributed by atoms with Gasteiger partial charge in [-0.15, -0.1) is 0 Å². The fourth-order valence-corrected chi connectivity index (χ4v) is 4.09. The van der Waals surface area contributed by atoms with Crippen LogP contribution in [-0.4, -0.2) is 46.0 Å². The van der Waals surface area contributed by atoms with Crippen molar-refractivity contribution < 1.29 is 18.8 Å². The number of piperidine rings is 1. The van der Waals surface area contributed by atoms with Gasteiger partial charge in [-0.1, -0.05) is 35.5 Å². The average molecular weight is 442 g/mol. The van der Waals surface area contributed by atoms with Crippen LogP contribution in [0, 0.1) is 0 Å². The molecule has 33 heavy (non-hydrogen) atoms. The highest BCUT2D eigenvalue weighted by Gasteiger charge is 2.26. The Kier molecular flexibility index (Phi) is 5.48. The molecule has 0 saturated carbocycles. The molecule has 8 heteroatoms. The van der Waals surface area contributed by atoms with Gasteiger partial charge in [0.25, 0.3) is 11.8 Å². The Morgan fingerprint density at radius 1 is 1.09 bits per heavy atom. The van der Waals surface area contributed by atoms with Crippen LogP contribution in [0.1, 0.15) is 33.7 Å². The van der Waals surface area contributed by atoms with Crippen LogP contribution in [0.4, 0.5) is 0 Å². The molecule has 5 rings (SSSR count). The van der Waals surface area contributed by atoms with E-state index in [0.717, 1.165) is 23.8 Å². The Balaban J connectivity index is 1.35. The molecule has 4 aromatic rings. The number of rotatable bonds is 5. The zero-order chi connectivity index (χ0) is 22.8. The molecule has 8 nitrogen and oxygen atoms in total. The van der Waals surface area contributed by atoms with Crippen molar-refractivity contribution >= 4 is 22.7 Å². The molecule has 1 fully saturated rings. The van der Waals surface area contributed by atoms with E-state index in [0.29, 0.717) is 35.7 Å². The summed E-state index contributed by atoms with van der Waals surface area (Å²) in [5, 5.41) is 4.93. The maximum absolute atomic E-state index is 13.3. The first kappa shape index (κ1) is 20.7. The first-order valence-electron chi connectivity index (χ1n) is 10.7. The normalized spacial score (nSPS) is 16.0. The molecule has 1 saturated heterocycles. The summed E-state index contributed by atoms with van der Waals surface area (Å²) in [6.45, 7) is 1.09. The maximum atomic E-state index is 13.3. The number of carbonyl (C=O) groups excluding carboxylic acids is 2. The quantitative estimate of drug-likeness (QED) is 0.505. The number of nitrogens with two attached hydrogens (primary N) is 1. The first-order chi connectivity index (χ1) is 16.1. The number of benzene rings is 2. The predicted octanol–water partition coefficient (Wildman–Crippen LogP) is 3.67. The Morgan fingerprint density at radius 2 is 1.94 bits per heavy atom. The number of hydrogen-bond donors (Lipinski definition) is 1. The van der Waals surface area contributed by atoms with Gasteiger partial charge in [-0.05, 0) is 37.1 Å². The van der Waals surface area contributed by atoms with Crippen LogP contribution in [-0.2, 0) is 0 Å². The number of aromatic nitrogens is 2. The number of fused-ring (bicyclic) bond motifs is 1. The van der Waals surface area contributed by atoms with E-state index in [4.69, 9.17) is 15.0 Å². The third-order valence-electron chi connectivity index (χ3n) is 5.71. The maximum Gasteiger partial charge on any atom is 0.267 e. The van der Waals surface area contributed by atoms with Crippen molar-refractivity contribution in [3.8, 4) is 17.1 Å². The van der Waals surface area contributed by atoms with Gasteiger partial charge in [-0.3, -0.25) is 14.6 Å². The van der Waals surface area contributed by atoms with Gasteiger partial charge in [-0.2, -0.15) is 0 Å². The van der Waals surface area contributed by atoms with Gasteiger partial charge in [-0.25, -0.2) is 0 Å². The van der Waals surface area contributed by atoms with Gasteiger partial charge in [0.05, 0.1) is 11.9 Å². The largest absolute Gasteiger partial charge is 0.488 e. The summed E-state index contributed by atoms with van der Waals surface area (Å²) in [7, 11) is 0. The van der Waals surface area contributed by atoms with E-state index in [1.54, 1.807) is 23.1 Å². The number of pyridine rings is 1. The van der Waals surface area contributed by atoms with Crippen LogP contribution >= 0.6 is 0 Å². The van der Waals surface area contributed by atoms with Crippen molar-refractivity contribution in [2.45, 2.75) is 18.9 Å².